The molecule has 0 aliphatic rings. The van der Waals surface area contributed by atoms with Crippen LogP contribution in [0.15, 0.2) is 60.8 Å². The second kappa shape index (κ2) is 63.6. The van der Waals surface area contributed by atoms with Crippen LogP contribution in [0.4, 0.5) is 0 Å². The number of hydrogen-bond donors (Lipinski definition) is 0. The molecule has 6 heteroatoms. The van der Waals surface area contributed by atoms with Crippen molar-refractivity contribution >= 4 is 17.9 Å². The summed E-state index contributed by atoms with van der Waals surface area (Å²) in [4.78, 5) is 38.3. The fourth-order valence-corrected chi connectivity index (χ4v) is 9.61. The molecule has 6 nitrogen and oxygen atoms in total. The fraction of sp³-hybridized carbons (Fsp3) is 0.812. The van der Waals surface area contributed by atoms with Gasteiger partial charge >= 0.3 is 17.9 Å². The van der Waals surface area contributed by atoms with Gasteiger partial charge in [0.25, 0.3) is 0 Å². The largest absolute Gasteiger partial charge is 0.462 e. The molecule has 0 bridgehead atoms. The molecular weight excluding hydrogens is 925 g/mol. The van der Waals surface area contributed by atoms with E-state index in [2.05, 4.69) is 81.5 Å². The summed E-state index contributed by atoms with van der Waals surface area (Å²) in [5, 5.41) is 0. The van der Waals surface area contributed by atoms with E-state index in [1.165, 1.54) is 212 Å². The normalized spacial score (nSPS) is 12.4. The first-order valence-corrected chi connectivity index (χ1v) is 32.8. The SMILES string of the molecule is CC/C=C\C/C=C\C/C=C\CCCCCC(=O)OCC(COC(=O)CCCCCCCCCCCCCCCCC/C=C\C/C=C\CCCCCCC)OC(=O)CCCCCCCCCCCCCCCCCCC. The number of allylic oxidation sites excluding steroid dienone is 10. The van der Waals surface area contributed by atoms with Crippen LogP contribution in [0.25, 0.3) is 0 Å². The van der Waals surface area contributed by atoms with Crippen molar-refractivity contribution in [3.63, 3.8) is 0 Å². The third kappa shape index (κ3) is 61.8. The maximum Gasteiger partial charge on any atom is 0.306 e. The highest BCUT2D eigenvalue weighted by Crippen LogP contribution is 2.17. The van der Waals surface area contributed by atoms with Crippen molar-refractivity contribution in [2.75, 3.05) is 13.2 Å². The van der Waals surface area contributed by atoms with Crippen molar-refractivity contribution < 1.29 is 28.6 Å². The van der Waals surface area contributed by atoms with Gasteiger partial charge in [-0.1, -0.05) is 300 Å². The molecule has 0 N–H and O–H groups in total. The van der Waals surface area contributed by atoms with Crippen molar-refractivity contribution in [2.45, 2.75) is 348 Å². The highest BCUT2D eigenvalue weighted by Gasteiger charge is 2.19. The smallest absolute Gasteiger partial charge is 0.306 e. The van der Waals surface area contributed by atoms with E-state index in [1.54, 1.807) is 0 Å². The minimum absolute atomic E-state index is 0.0799. The average molecular weight is 1050 g/mol. The lowest BCUT2D eigenvalue weighted by molar-refractivity contribution is -0.167. The predicted octanol–water partition coefficient (Wildman–Crippen LogP) is 22.3. The maximum absolute atomic E-state index is 12.9. The molecule has 75 heavy (non-hydrogen) atoms. The molecule has 0 rings (SSSR count). The van der Waals surface area contributed by atoms with Gasteiger partial charge in [0.05, 0.1) is 0 Å². The number of unbranched alkanes of at least 4 members (excludes halogenated alkanes) is 39. The minimum atomic E-state index is -0.784. The first-order valence-electron chi connectivity index (χ1n) is 32.8. The summed E-state index contributed by atoms with van der Waals surface area (Å²) < 4.78 is 16.9. The molecule has 0 radical (unpaired) electrons. The first-order chi connectivity index (χ1) is 37.0. The molecule has 0 aromatic heterocycles. The summed E-state index contributed by atoms with van der Waals surface area (Å²) in [5.41, 5.74) is 0. The summed E-state index contributed by atoms with van der Waals surface area (Å²) in [7, 11) is 0. The van der Waals surface area contributed by atoms with E-state index in [4.69, 9.17) is 14.2 Å². The van der Waals surface area contributed by atoms with E-state index < -0.39 is 6.10 Å². The Hall–Kier alpha value is -2.89. The van der Waals surface area contributed by atoms with Crippen LogP contribution in [0.3, 0.4) is 0 Å². The topological polar surface area (TPSA) is 78.9 Å². The molecule has 0 saturated carbocycles. The zero-order valence-corrected chi connectivity index (χ0v) is 50.1. The summed E-state index contributed by atoms with van der Waals surface area (Å²) in [6, 6.07) is 0. The van der Waals surface area contributed by atoms with E-state index >= 15 is 0 Å². The number of esters is 3. The van der Waals surface area contributed by atoms with Gasteiger partial charge in [0.1, 0.15) is 13.2 Å². The van der Waals surface area contributed by atoms with Crippen molar-refractivity contribution in [3.05, 3.63) is 60.8 Å². The number of hydrogen-bond acceptors (Lipinski definition) is 6. The Morgan fingerprint density at radius 1 is 0.280 bits per heavy atom. The third-order valence-corrected chi connectivity index (χ3v) is 14.5. The minimum Gasteiger partial charge on any atom is -0.462 e. The Balaban J connectivity index is 4.24. The molecule has 436 valence electrons. The second-order valence-corrected chi connectivity index (χ2v) is 22.0. The molecule has 1 atom stereocenters. The number of carbonyl (C=O) groups is 3. The highest BCUT2D eigenvalue weighted by atomic mass is 16.6. The lowest BCUT2D eigenvalue weighted by Gasteiger charge is -2.18. The van der Waals surface area contributed by atoms with E-state index in [0.717, 1.165) is 89.9 Å². The van der Waals surface area contributed by atoms with Crippen LogP contribution in [-0.4, -0.2) is 37.2 Å². The van der Waals surface area contributed by atoms with Crippen LogP contribution < -0.4 is 0 Å². The van der Waals surface area contributed by atoms with E-state index in [9.17, 15) is 14.4 Å². The van der Waals surface area contributed by atoms with Crippen LogP contribution in [0.2, 0.25) is 0 Å². The summed E-state index contributed by atoms with van der Waals surface area (Å²) in [6.07, 6.45) is 81.0. The first kappa shape index (κ1) is 72.1. The van der Waals surface area contributed by atoms with Gasteiger partial charge < -0.3 is 14.2 Å². The van der Waals surface area contributed by atoms with Crippen molar-refractivity contribution in [3.8, 4) is 0 Å². The van der Waals surface area contributed by atoms with Crippen molar-refractivity contribution in [2.24, 2.45) is 0 Å². The molecule has 1 unspecified atom stereocenters. The third-order valence-electron chi connectivity index (χ3n) is 14.5. The quantitative estimate of drug-likeness (QED) is 0.0261. The van der Waals surface area contributed by atoms with Crippen LogP contribution in [0.1, 0.15) is 342 Å². The number of rotatable bonds is 60. The molecule has 0 fully saturated rings. The van der Waals surface area contributed by atoms with Crippen molar-refractivity contribution in [1.29, 1.82) is 0 Å². The maximum atomic E-state index is 12.9. The van der Waals surface area contributed by atoms with Crippen LogP contribution >= 0.6 is 0 Å². The Labute approximate surface area is 466 Å². The van der Waals surface area contributed by atoms with Gasteiger partial charge in [-0.25, -0.2) is 0 Å². The highest BCUT2D eigenvalue weighted by molar-refractivity contribution is 5.71. The van der Waals surface area contributed by atoms with Gasteiger partial charge in [-0.15, -0.1) is 0 Å². The monoisotopic (exact) mass is 1050 g/mol. The molecule has 0 aromatic rings. The van der Waals surface area contributed by atoms with E-state index in [0.29, 0.717) is 19.3 Å². The Morgan fingerprint density at radius 2 is 0.520 bits per heavy atom. The molecule has 0 amide bonds. The second-order valence-electron chi connectivity index (χ2n) is 22.0. The van der Waals surface area contributed by atoms with Crippen LogP contribution in [-0.2, 0) is 28.6 Å². The van der Waals surface area contributed by atoms with Gasteiger partial charge in [-0.2, -0.15) is 0 Å². The molecule has 0 aliphatic carbocycles. The summed E-state index contributed by atoms with van der Waals surface area (Å²) in [6.45, 7) is 6.54. The number of carbonyl (C=O) groups excluding carboxylic acids is 3. The van der Waals surface area contributed by atoms with Crippen molar-refractivity contribution in [1.82, 2.24) is 0 Å². The molecule has 0 saturated heterocycles. The average Bonchev–Trinajstić information content (AvgIpc) is 3.41. The predicted molar refractivity (Wildman–Crippen MR) is 325 cm³/mol. The zero-order valence-electron chi connectivity index (χ0n) is 50.1. The molecule has 0 aromatic carbocycles. The lowest BCUT2D eigenvalue weighted by Crippen LogP contribution is -2.30. The standard InChI is InChI=1S/C69H124O6/c1-4-7-10-13-16-19-22-25-27-29-30-31-32-33-34-35-36-37-38-40-41-44-47-50-53-56-59-62-68(71)74-65-66(64-73-67(70)61-58-55-52-49-46-43-24-21-18-15-12-9-6-3)75-69(72)63-60-57-54-51-48-45-42-39-28-26-23-20-17-14-11-8-5-2/h9,12,18,21-22,25,29-30,43,46,66H,4-8,10-11,13-17,19-20,23-24,26-28,31-42,44-45,47-65H2,1-3H3/b12-9-,21-18-,25-22-,30-29-,46-43-. The van der Waals surface area contributed by atoms with Gasteiger partial charge in [-0.05, 0) is 83.5 Å². The lowest BCUT2D eigenvalue weighted by atomic mass is 10.0. The Kier molecular flexibility index (Phi) is 61.2. The fourth-order valence-electron chi connectivity index (χ4n) is 9.61. The Bertz CT molecular complexity index is 1340. The number of ether oxygens (including phenoxy) is 3. The molecule has 0 heterocycles. The molecule has 0 spiro atoms. The molecular formula is C69H124O6. The van der Waals surface area contributed by atoms with E-state index in [-0.39, 0.29) is 31.1 Å². The Morgan fingerprint density at radius 3 is 0.827 bits per heavy atom. The van der Waals surface area contributed by atoms with Gasteiger partial charge in [-0.3, -0.25) is 14.4 Å². The van der Waals surface area contributed by atoms with Gasteiger partial charge in [0.2, 0.25) is 0 Å². The van der Waals surface area contributed by atoms with Gasteiger partial charge in [0.15, 0.2) is 6.10 Å². The zero-order chi connectivity index (χ0) is 54.3. The van der Waals surface area contributed by atoms with Crippen LogP contribution in [0, 0.1) is 0 Å². The summed E-state index contributed by atoms with van der Waals surface area (Å²) in [5.74, 6) is -0.891. The van der Waals surface area contributed by atoms with Crippen LogP contribution in [0.5, 0.6) is 0 Å². The van der Waals surface area contributed by atoms with E-state index in [1.807, 2.05) is 0 Å². The van der Waals surface area contributed by atoms with Gasteiger partial charge in [0, 0.05) is 19.3 Å². The summed E-state index contributed by atoms with van der Waals surface area (Å²) >= 11 is 0. The molecule has 0 aliphatic heterocycles.